The molecule has 2 aromatic rings. The number of rotatable bonds is 9. The monoisotopic (exact) mass is 440 g/mol. The summed E-state index contributed by atoms with van der Waals surface area (Å²) in [5, 5.41) is 16.4. The number of hydrogen-bond donors (Lipinski definition) is 2. The van der Waals surface area contributed by atoms with Gasteiger partial charge in [-0.3, -0.25) is 19.7 Å². The summed E-state index contributed by atoms with van der Waals surface area (Å²) in [6, 6.07) is 5.66. The Hall–Kier alpha value is -2.90. The number of H-pyrrole nitrogens is 1. The average molecular weight is 441 g/mol. The number of nitrogens with one attached hydrogen (secondary N) is 1. The van der Waals surface area contributed by atoms with Crippen LogP contribution in [0.2, 0.25) is 0 Å². The molecule has 172 valence electrons. The van der Waals surface area contributed by atoms with E-state index in [0.29, 0.717) is 44.1 Å². The highest BCUT2D eigenvalue weighted by atomic mass is 16.5. The molecule has 0 bridgehead atoms. The molecule has 1 saturated heterocycles. The second-order valence-electron chi connectivity index (χ2n) is 9.15. The Kier molecular flexibility index (Phi) is 7.07. The summed E-state index contributed by atoms with van der Waals surface area (Å²) >= 11 is 0. The van der Waals surface area contributed by atoms with Crippen molar-refractivity contribution in [3.63, 3.8) is 0 Å². The summed E-state index contributed by atoms with van der Waals surface area (Å²) in [6.07, 6.45) is 10.6. The number of aromatic amines is 1. The third-order valence-electron chi connectivity index (χ3n) is 6.93. The number of amides is 1. The third-order valence-corrected chi connectivity index (χ3v) is 6.93. The molecule has 2 N–H and O–H groups in total. The first kappa shape index (κ1) is 22.3. The highest BCUT2D eigenvalue weighted by Gasteiger charge is 2.40. The first-order valence-electron chi connectivity index (χ1n) is 11.7. The third kappa shape index (κ3) is 5.29. The minimum Gasteiger partial charge on any atom is -0.492 e. The molecule has 8 heteroatoms. The summed E-state index contributed by atoms with van der Waals surface area (Å²) in [5.74, 6) is 0.455. The van der Waals surface area contributed by atoms with E-state index in [-0.39, 0.29) is 5.91 Å². The molecule has 0 aromatic carbocycles. The SMILES string of the molecule is O=C(CCCC1(C(=O)O)CCCC1)N1CCCC(COc2ccc(-c3ccn[nH]3)nc2)C1. The molecule has 0 radical (unpaired) electrons. The van der Waals surface area contributed by atoms with Gasteiger partial charge in [0.05, 0.1) is 29.6 Å². The van der Waals surface area contributed by atoms with Crippen LogP contribution >= 0.6 is 0 Å². The summed E-state index contributed by atoms with van der Waals surface area (Å²) in [7, 11) is 0. The molecule has 0 spiro atoms. The molecule has 3 heterocycles. The number of carbonyl (C=O) groups is 2. The van der Waals surface area contributed by atoms with Crippen molar-refractivity contribution >= 4 is 11.9 Å². The number of nitrogens with zero attached hydrogens (tertiary/aromatic N) is 3. The lowest BCUT2D eigenvalue weighted by Gasteiger charge is -2.33. The van der Waals surface area contributed by atoms with Crippen LogP contribution in [-0.4, -0.2) is 56.8 Å². The second kappa shape index (κ2) is 10.1. The maximum atomic E-state index is 12.7. The number of carboxylic acid groups (broad SMARTS) is 1. The topological polar surface area (TPSA) is 108 Å². The Bertz CT molecular complexity index is 891. The quantitative estimate of drug-likeness (QED) is 0.612. The minimum absolute atomic E-state index is 0.138. The number of hydrogen-bond acceptors (Lipinski definition) is 5. The van der Waals surface area contributed by atoms with E-state index in [1.807, 2.05) is 23.1 Å². The fourth-order valence-corrected chi connectivity index (χ4v) is 5.02. The van der Waals surface area contributed by atoms with Crippen molar-refractivity contribution in [1.29, 1.82) is 0 Å². The molecular formula is C24H32N4O4. The van der Waals surface area contributed by atoms with E-state index in [9.17, 15) is 14.7 Å². The van der Waals surface area contributed by atoms with E-state index in [0.717, 1.165) is 56.5 Å². The Labute approximate surface area is 188 Å². The number of carboxylic acids is 1. The van der Waals surface area contributed by atoms with E-state index >= 15 is 0 Å². The maximum absolute atomic E-state index is 12.7. The fourth-order valence-electron chi connectivity index (χ4n) is 5.02. The van der Waals surface area contributed by atoms with Crippen molar-refractivity contribution in [2.45, 2.75) is 57.8 Å². The molecule has 1 saturated carbocycles. The molecule has 1 aliphatic carbocycles. The van der Waals surface area contributed by atoms with Crippen LogP contribution in [0, 0.1) is 11.3 Å². The first-order chi connectivity index (χ1) is 15.6. The van der Waals surface area contributed by atoms with Crippen molar-refractivity contribution in [3.05, 3.63) is 30.6 Å². The van der Waals surface area contributed by atoms with Gasteiger partial charge in [-0.05, 0) is 56.7 Å². The van der Waals surface area contributed by atoms with Crippen LogP contribution < -0.4 is 4.74 Å². The second-order valence-corrected chi connectivity index (χ2v) is 9.15. The number of likely N-dealkylation sites (tertiary alicyclic amines) is 1. The largest absolute Gasteiger partial charge is 0.492 e. The molecule has 1 unspecified atom stereocenters. The molecule has 2 fully saturated rings. The lowest BCUT2D eigenvalue weighted by Crippen LogP contribution is -2.41. The first-order valence-corrected chi connectivity index (χ1v) is 11.7. The van der Waals surface area contributed by atoms with Crippen LogP contribution in [0.1, 0.15) is 57.8 Å². The van der Waals surface area contributed by atoms with Crippen LogP contribution in [-0.2, 0) is 9.59 Å². The van der Waals surface area contributed by atoms with Gasteiger partial charge in [0.2, 0.25) is 5.91 Å². The van der Waals surface area contributed by atoms with Gasteiger partial charge in [-0.15, -0.1) is 0 Å². The van der Waals surface area contributed by atoms with Crippen molar-refractivity contribution in [3.8, 4) is 17.1 Å². The smallest absolute Gasteiger partial charge is 0.309 e. The molecule has 1 atom stereocenters. The number of pyridine rings is 1. The molecule has 2 aliphatic rings. The molecule has 2 aromatic heterocycles. The predicted molar refractivity (Wildman–Crippen MR) is 119 cm³/mol. The zero-order chi connectivity index (χ0) is 22.4. The Morgan fingerprint density at radius 3 is 2.75 bits per heavy atom. The van der Waals surface area contributed by atoms with Crippen LogP contribution in [0.5, 0.6) is 5.75 Å². The van der Waals surface area contributed by atoms with Crippen molar-refractivity contribution < 1.29 is 19.4 Å². The summed E-state index contributed by atoms with van der Waals surface area (Å²) in [6.45, 7) is 2.03. The molecule has 4 rings (SSSR count). The van der Waals surface area contributed by atoms with Crippen LogP contribution in [0.4, 0.5) is 0 Å². The molecule has 1 amide bonds. The Morgan fingerprint density at radius 2 is 2.06 bits per heavy atom. The fraction of sp³-hybridized carbons (Fsp3) is 0.583. The molecule has 8 nitrogen and oxygen atoms in total. The van der Waals surface area contributed by atoms with Gasteiger partial charge in [-0.1, -0.05) is 12.8 Å². The van der Waals surface area contributed by atoms with Gasteiger partial charge >= 0.3 is 5.97 Å². The van der Waals surface area contributed by atoms with Gasteiger partial charge in [0.1, 0.15) is 5.75 Å². The van der Waals surface area contributed by atoms with Crippen LogP contribution in [0.15, 0.2) is 30.6 Å². The number of ether oxygens (including phenoxy) is 1. The molecular weight excluding hydrogens is 408 g/mol. The highest BCUT2D eigenvalue weighted by Crippen LogP contribution is 2.42. The zero-order valence-corrected chi connectivity index (χ0v) is 18.5. The summed E-state index contributed by atoms with van der Waals surface area (Å²) in [5.41, 5.74) is 1.08. The van der Waals surface area contributed by atoms with Crippen LogP contribution in [0.25, 0.3) is 11.4 Å². The molecule has 32 heavy (non-hydrogen) atoms. The van der Waals surface area contributed by atoms with Crippen LogP contribution in [0.3, 0.4) is 0 Å². The predicted octanol–water partition coefficient (Wildman–Crippen LogP) is 3.90. The number of piperidine rings is 1. The van der Waals surface area contributed by atoms with E-state index in [1.54, 1.807) is 12.4 Å². The zero-order valence-electron chi connectivity index (χ0n) is 18.5. The number of aliphatic carboxylic acids is 1. The summed E-state index contributed by atoms with van der Waals surface area (Å²) in [4.78, 5) is 30.8. The van der Waals surface area contributed by atoms with Gasteiger partial charge in [-0.2, -0.15) is 5.10 Å². The highest BCUT2D eigenvalue weighted by molar-refractivity contribution is 5.77. The number of aromatic nitrogens is 3. The van der Waals surface area contributed by atoms with Crippen molar-refractivity contribution in [2.75, 3.05) is 19.7 Å². The van der Waals surface area contributed by atoms with Gasteiger partial charge in [0.15, 0.2) is 0 Å². The maximum Gasteiger partial charge on any atom is 0.309 e. The number of carbonyl (C=O) groups excluding carboxylic acids is 1. The Morgan fingerprint density at radius 1 is 1.22 bits per heavy atom. The van der Waals surface area contributed by atoms with E-state index in [1.165, 1.54) is 0 Å². The van der Waals surface area contributed by atoms with E-state index in [2.05, 4.69) is 15.2 Å². The Balaban J connectivity index is 1.21. The van der Waals surface area contributed by atoms with Gasteiger partial charge in [0.25, 0.3) is 0 Å². The lowest BCUT2D eigenvalue weighted by molar-refractivity contribution is -0.149. The summed E-state index contributed by atoms with van der Waals surface area (Å²) < 4.78 is 5.94. The minimum atomic E-state index is -0.690. The van der Waals surface area contributed by atoms with E-state index < -0.39 is 11.4 Å². The normalized spacial score (nSPS) is 20.2. The van der Waals surface area contributed by atoms with Crippen molar-refractivity contribution in [2.24, 2.45) is 11.3 Å². The standard InChI is InChI=1S/C24H32N4O4/c29-22(6-3-12-24(23(30)31)10-1-2-11-24)28-14-4-5-18(16-28)17-32-19-7-8-20(25-15-19)21-9-13-26-27-21/h7-9,13,15,18H,1-6,10-12,14,16-17H2,(H,26,27)(H,30,31). The lowest BCUT2D eigenvalue weighted by atomic mass is 9.81. The van der Waals surface area contributed by atoms with Crippen molar-refractivity contribution in [1.82, 2.24) is 20.1 Å². The average Bonchev–Trinajstić information content (AvgIpc) is 3.51. The van der Waals surface area contributed by atoms with Gasteiger partial charge < -0.3 is 14.7 Å². The van der Waals surface area contributed by atoms with Gasteiger partial charge in [-0.25, -0.2) is 0 Å². The van der Waals surface area contributed by atoms with E-state index in [4.69, 9.17) is 4.74 Å². The molecule has 1 aliphatic heterocycles. The van der Waals surface area contributed by atoms with Gasteiger partial charge in [0, 0.05) is 31.6 Å².